The molecule has 2 atom stereocenters. The average molecular weight is 314 g/mol. The minimum absolute atomic E-state index is 0.0357. The SMILES string of the molecule is CCCn1ccnc(N2CCC(C)C(Br)C2)c1=O. The smallest absolute Gasteiger partial charge is 0.293 e. The van der Waals surface area contributed by atoms with Gasteiger partial charge in [0.2, 0.25) is 0 Å². The summed E-state index contributed by atoms with van der Waals surface area (Å²) in [6.45, 7) is 6.85. The van der Waals surface area contributed by atoms with Gasteiger partial charge in [-0.25, -0.2) is 4.98 Å². The van der Waals surface area contributed by atoms with Gasteiger partial charge in [0.15, 0.2) is 5.82 Å². The Kier molecular flexibility index (Phi) is 4.43. The highest BCUT2D eigenvalue weighted by molar-refractivity contribution is 9.09. The Bertz CT molecular complexity index is 460. The van der Waals surface area contributed by atoms with E-state index >= 15 is 0 Å². The molecule has 1 aliphatic rings. The fraction of sp³-hybridized carbons (Fsp3) is 0.692. The molecular formula is C13H20BrN3O. The Balaban J connectivity index is 2.23. The van der Waals surface area contributed by atoms with Gasteiger partial charge in [0, 0.05) is 36.9 Å². The maximum Gasteiger partial charge on any atom is 0.293 e. The Morgan fingerprint density at radius 2 is 2.33 bits per heavy atom. The number of hydrogen-bond acceptors (Lipinski definition) is 3. The number of piperidine rings is 1. The van der Waals surface area contributed by atoms with Gasteiger partial charge in [-0.2, -0.15) is 0 Å². The summed E-state index contributed by atoms with van der Waals surface area (Å²) in [5, 5.41) is 0. The molecule has 0 bridgehead atoms. The zero-order valence-electron chi connectivity index (χ0n) is 11.0. The van der Waals surface area contributed by atoms with Gasteiger partial charge in [0.25, 0.3) is 5.56 Å². The second kappa shape index (κ2) is 5.87. The molecular weight excluding hydrogens is 294 g/mol. The second-order valence-corrected chi connectivity index (χ2v) is 6.15. The lowest BCUT2D eigenvalue weighted by Crippen LogP contribution is -2.43. The summed E-state index contributed by atoms with van der Waals surface area (Å²) >= 11 is 3.69. The van der Waals surface area contributed by atoms with Gasteiger partial charge in [-0.15, -0.1) is 0 Å². The third kappa shape index (κ3) is 2.76. The standard InChI is InChI=1S/C13H20BrN3O/c1-3-6-16-8-5-15-12(13(16)18)17-7-4-10(2)11(14)9-17/h5,8,10-11H,3-4,6-7,9H2,1-2H3. The molecule has 0 N–H and O–H groups in total. The van der Waals surface area contributed by atoms with Gasteiger partial charge >= 0.3 is 0 Å². The molecule has 1 aromatic rings. The highest BCUT2D eigenvalue weighted by Crippen LogP contribution is 2.24. The van der Waals surface area contributed by atoms with Gasteiger partial charge in [0.1, 0.15) is 0 Å². The number of aromatic nitrogens is 2. The fourth-order valence-corrected chi connectivity index (χ4v) is 2.90. The largest absolute Gasteiger partial charge is 0.351 e. The molecule has 1 fully saturated rings. The summed E-state index contributed by atoms with van der Waals surface area (Å²) in [7, 11) is 0. The highest BCUT2D eigenvalue weighted by Gasteiger charge is 2.26. The summed E-state index contributed by atoms with van der Waals surface area (Å²) in [5.41, 5.74) is 0.0357. The molecule has 0 radical (unpaired) electrons. The van der Waals surface area contributed by atoms with E-state index in [1.54, 1.807) is 17.0 Å². The molecule has 2 unspecified atom stereocenters. The van der Waals surface area contributed by atoms with Crippen molar-refractivity contribution in [3.63, 3.8) is 0 Å². The molecule has 1 aromatic heterocycles. The lowest BCUT2D eigenvalue weighted by atomic mass is 9.99. The zero-order chi connectivity index (χ0) is 13.1. The molecule has 18 heavy (non-hydrogen) atoms. The zero-order valence-corrected chi connectivity index (χ0v) is 12.6. The van der Waals surface area contributed by atoms with E-state index in [9.17, 15) is 4.79 Å². The van der Waals surface area contributed by atoms with Crippen LogP contribution in [0.5, 0.6) is 0 Å². The third-order valence-electron chi connectivity index (χ3n) is 3.53. The number of anilines is 1. The van der Waals surface area contributed by atoms with E-state index in [2.05, 4.69) is 39.7 Å². The number of aryl methyl sites for hydroxylation is 1. The normalized spacial score (nSPS) is 24.3. The van der Waals surface area contributed by atoms with Crippen LogP contribution in [0.3, 0.4) is 0 Å². The molecule has 0 aromatic carbocycles. The predicted octanol–water partition coefficient (Wildman–Crippen LogP) is 2.26. The summed E-state index contributed by atoms with van der Waals surface area (Å²) in [6.07, 6.45) is 5.56. The molecule has 4 nitrogen and oxygen atoms in total. The van der Waals surface area contributed by atoms with E-state index in [0.29, 0.717) is 16.6 Å². The maximum absolute atomic E-state index is 12.3. The molecule has 0 aliphatic carbocycles. The first-order chi connectivity index (χ1) is 8.63. The minimum Gasteiger partial charge on any atom is -0.351 e. The Morgan fingerprint density at radius 3 is 3.00 bits per heavy atom. The van der Waals surface area contributed by atoms with Crippen molar-refractivity contribution in [2.24, 2.45) is 5.92 Å². The topological polar surface area (TPSA) is 38.1 Å². The second-order valence-electron chi connectivity index (χ2n) is 4.98. The van der Waals surface area contributed by atoms with Gasteiger partial charge < -0.3 is 9.47 Å². The van der Waals surface area contributed by atoms with E-state index in [1.807, 2.05) is 0 Å². The Labute approximate surface area is 116 Å². The van der Waals surface area contributed by atoms with Crippen LogP contribution in [0.2, 0.25) is 0 Å². The Hall–Kier alpha value is -0.840. The first-order valence-corrected chi connectivity index (χ1v) is 7.49. The summed E-state index contributed by atoms with van der Waals surface area (Å²) in [5.74, 6) is 1.25. The van der Waals surface area contributed by atoms with Crippen LogP contribution in [0.15, 0.2) is 17.2 Å². The van der Waals surface area contributed by atoms with Crippen LogP contribution < -0.4 is 10.5 Å². The molecule has 0 saturated carbocycles. The van der Waals surface area contributed by atoms with Crippen LogP contribution in [0.1, 0.15) is 26.7 Å². The highest BCUT2D eigenvalue weighted by atomic mass is 79.9. The van der Waals surface area contributed by atoms with E-state index in [-0.39, 0.29) is 5.56 Å². The van der Waals surface area contributed by atoms with Crippen LogP contribution in [0.4, 0.5) is 5.82 Å². The van der Waals surface area contributed by atoms with Crippen molar-refractivity contribution in [1.29, 1.82) is 0 Å². The summed E-state index contributed by atoms with van der Waals surface area (Å²) in [4.78, 5) is 19.1. The van der Waals surface area contributed by atoms with Crippen molar-refractivity contribution >= 4 is 21.7 Å². The molecule has 100 valence electrons. The molecule has 1 saturated heterocycles. The van der Waals surface area contributed by atoms with Gasteiger partial charge in [-0.05, 0) is 18.8 Å². The van der Waals surface area contributed by atoms with E-state index in [4.69, 9.17) is 0 Å². The first-order valence-electron chi connectivity index (χ1n) is 6.58. The molecule has 2 rings (SSSR count). The number of nitrogens with zero attached hydrogens (tertiary/aromatic N) is 3. The average Bonchev–Trinajstić information content (AvgIpc) is 2.36. The van der Waals surface area contributed by atoms with Gasteiger partial charge in [-0.3, -0.25) is 4.79 Å². The van der Waals surface area contributed by atoms with Crippen molar-refractivity contribution in [3.8, 4) is 0 Å². The van der Waals surface area contributed by atoms with Crippen molar-refractivity contribution in [3.05, 3.63) is 22.7 Å². The Morgan fingerprint density at radius 1 is 1.56 bits per heavy atom. The number of rotatable bonds is 3. The van der Waals surface area contributed by atoms with E-state index < -0.39 is 0 Å². The van der Waals surface area contributed by atoms with E-state index in [0.717, 1.165) is 32.5 Å². The van der Waals surface area contributed by atoms with Crippen LogP contribution in [-0.2, 0) is 6.54 Å². The van der Waals surface area contributed by atoms with Crippen LogP contribution in [-0.4, -0.2) is 27.5 Å². The molecule has 2 heterocycles. The van der Waals surface area contributed by atoms with Crippen molar-refractivity contribution in [2.45, 2.75) is 38.1 Å². The first kappa shape index (κ1) is 13.6. The predicted molar refractivity (Wildman–Crippen MR) is 77.5 cm³/mol. The molecule has 1 aliphatic heterocycles. The van der Waals surface area contributed by atoms with E-state index in [1.165, 1.54) is 0 Å². The minimum atomic E-state index is 0.0357. The van der Waals surface area contributed by atoms with Crippen molar-refractivity contribution in [2.75, 3.05) is 18.0 Å². The molecule has 0 amide bonds. The lowest BCUT2D eigenvalue weighted by molar-refractivity contribution is 0.452. The van der Waals surface area contributed by atoms with Gasteiger partial charge in [-0.1, -0.05) is 29.8 Å². The summed E-state index contributed by atoms with van der Waals surface area (Å²) < 4.78 is 1.75. The van der Waals surface area contributed by atoms with Crippen LogP contribution in [0.25, 0.3) is 0 Å². The number of hydrogen-bond donors (Lipinski definition) is 0. The van der Waals surface area contributed by atoms with Crippen LogP contribution >= 0.6 is 15.9 Å². The van der Waals surface area contributed by atoms with Crippen molar-refractivity contribution in [1.82, 2.24) is 9.55 Å². The molecule has 5 heteroatoms. The van der Waals surface area contributed by atoms with Gasteiger partial charge in [0.05, 0.1) is 0 Å². The maximum atomic E-state index is 12.3. The molecule has 0 spiro atoms. The third-order valence-corrected chi connectivity index (χ3v) is 4.72. The van der Waals surface area contributed by atoms with Crippen molar-refractivity contribution < 1.29 is 0 Å². The quantitative estimate of drug-likeness (QED) is 0.803. The van der Waals surface area contributed by atoms with Crippen LogP contribution in [0, 0.1) is 5.92 Å². The fourth-order valence-electron chi connectivity index (χ4n) is 2.28. The number of halogens is 1. The monoisotopic (exact) mass is 313 g/mol. The summed E-state index contributed by atoms with van der Waals surface area (Å²) in [6, 6.07) is 0. The number of alkyl halides is 1. The lowest BCUT2D eigenvalue weighted by Gasteiger charge is -2.34.